The second-order valence-electron chi connectivity index (χ2n) is 5.63. The van der Waals surface area contributed by atoms with Gasteiger partial charge in [-0.3, -0.25) is 0 Å². The second-order valence-corrected chi connectivity index (χ2v) is 7.67. The van der Waals surface area contributed by atoms with Crippen LogP contribution in [0.1, 0.15) is 0 Å². The minimum absolute atomic E-state index is 0.546. The Labute approximate surface area is 172 Å². The highest BCUT2D eigenvalue weighted by Gasteiger charge is 2.20. The zero-order chi connectivity index (χ0) is 18.0. The molecule has 1 fully saturated rings. The third-order valence-electron chi connectivity index (χ3n) is 4.01. The lowest BCUT2D eigenvalue weighted by molar-refractivity contribution is 0.391. The Bertz CT molecular complexity index is 791. The largest absolute Gasteiger partial charge is 0.368 e. The number of hydrogen-bond acceptors (Lipinski definition) is 2. The fourth-order valence-corrected chi connectivity index (χ4v) is 3.68. The van der Waals surface area contributed by atoms with Gasteiger partial charge >= 0.3 is 0 Å². The van der Waals surface area contributed by atoms with Crippen LogP contribution in [0.4, 0.5) is 11.4 Å². The lowest BCUT2D eigenvalue weighted by atomic mass is 10.2. The standard InChI is InChI=1S/C17H15Cl4N3S/c18-11-1-4-16(15(21)9-11)22-17(25)24-7-5-23(6-8-24)12-2-3-13(19)14(20)10-12/h1-4,9-10H,5-8H2,(H,22,25). The van der Waals surface area contributed by atoms with E-state index in [9.17, 15) is 0 Å². The summed E-state index contributed by atoms with van der Waals surface area (Å²) in [6.45, 7) is 3.29. The maximum atomic E-state index is 6.19. The number of anilines is 2. The normalized spacial score (nSPS) is 14.6. The fraction of sp³-hybridized carbons (Fsp3) is 0.235. The topological polar surface area (TPSA) is 18.5 Å². The Kier molecular flexibility index (Phi) is 6.18. The first kappa shape index (κ1) is 18.9. The Morgan fingerprint density at radius 2 is 1.56 bits per heavy atom. The zero-order valence-corrected chi connectivity index (χ0v) is 16.9. The van der Waals surface area contributed by atoms with Crippen LogP contribution in [0.2, 0.25) is 20.1 Å². The Morgan fingerprint density at radius 1 is 0.840 bits per heavy atom. The van der Waals surface area contributed by atoms with E-state index in [4.69, 9.17) is 58.6 Å². The summed E-state index contributed by atoms with van der Waals surface area (Å²) in [4.78, 5) is 4.38. The fourth-order valence-electron chi connectivity index (χ4n) is 2.63. The van der Waals surface area contributed by atoms with E-state index >= 15 is 0 Å². The van der Waals surface area contributed by atoms with E-state index in [0.29, 0.717) is 25.2 Å². The van der Waals surface area contributed by atoms with Gasteiger partial charge in [-0.2, -0.15) is 0 Å². The van der Waals surface area contributed by atoms with Gasteiger partial charge in [0, 0.05) is 36.9 Å². The lowest BCUT2D eigenvalue weighted by Gasteiger charge is -2.37. The first-order chi connectivity index (χ1) is 11.9. The quantitative estimate of drug-likeness (QED) is 0.600. The number of rotatable bonds is 2. The highest BCUT2D eigenvalue weighted by molar-refractivity contribution is 7.80. The minimum atomic E-state index is 0.546. The molecule has 0 radical (unpaired) electrons. The molecule has 25 heavy (non-hydrogen) atoms. The first-order valence-electron chi connectivity index (χ1n) is 7.65. The van der Waals surface area contributed by atoms with Gasteiger partial charge in [0.25, 0.3) is 0 Å². The van der Waals surface area contributed by atoms with Crippen molar-refractivity contribution in [1.82, 2.24) is 4.90 Å². The van der Waals surface area contributed by atoms with Crippen LogP contribution in [0.25, 0.3) is 0 Å². The van der Waals surface area contributed by atoms with Crippen molar-refractivity contribution >= 4 is 75.1 Å². The van der Waals surface area contributed by atoms with E-state index < -0.39 is 0 Å². The molecule has 0 spiro atoms. The van der Waals surface area contributed by atoms with Crippen LogP contribution >= 0.6 is 58.6 Å². The van der Waals surface area contributed by atoms with Crippen molar-refractivity contribution in [3.8, 4) is 0 Å². The number of piperazine rings is 1. The van der Waals surface area contributed by atoms with Gasteiger partial charge in [0.1, 0.15) is 0 Å². The summed E-state index contributed by atoms with van der Waals surface area (Å²) in [7, 11) is 0. The average Bonchev–Trinajstić information content (AvgIpc) is 2.60. The molecule has 0 aliphatic carbocycles. The summed E-state index contributed by atoms with van der Waals surface area (Å²) in [6, 6.07) is 11.0. The van der Waals surface area contributed by atoms with E-state index in [1.54, 1.807) is 12.1 Å². The first-order valence-corrected chi connectivity index (χ1v) is 9.57. The summed E-state index contributed by atoms with van der Waals surface area (Å²) >= 11 is 29.7. The van der Waals surface area contributed by atoms with Crippen molar-refractivity contribution in [3.05, 3.63) is 56.5 Å². The molecule has 3 rings (SSSR count). The molecule has 1 aliphatic heterocycles. The number of nitrogens with one attached hydrogen (secondary N) is 1. The highest BCUT2D eigenvalue weighted by Crippen LogP contribution is 2.28. The van der Waals surface area contributed by atoms with E-state index in [1.807, 2.05) is 24.3 Å². The van der Waals surface area contributed by atoms with Gasteiger partial charge < -0.3 is 15.1 Å². The van der Waals surface area contributed by atoms with E-state index in [1.165, 1.54) is 0 Å². The van der Waals surface area contributed by atoms with Gasteiger partial charge in [-0.25, -0.2) is 0 Å². The van der Waals surface area contributed by atoms with E-state index in [-0.39, 0.29) is 0 Å². The maximum Gasteiger partial charge on any atom is 0.173 e. The molecule has 0 saturated carbocycles. The van der Waals surface area contributed by atoms with Crippen LogP contribution in [-0.4, -0.2) is 36.2 Å². The van der Waals surface area contributed by atoms with Crippen LogP contribution in [0.15, 0.2) is 36.4 Å². The zero-order valence-electron chi connectivity index (χ0n) is 13.1. The monoisotopic (exact) mass is 433 g/mol. The molecule has 1 saturated heterocycles. The summed E-state index contributed by atoms with van der Waals surface area (Å²) in [6.07, 6.45) is 0. The number of hydrogen-bond donors (Lipinski definition) is 1. The van der Waals surface area contributed by atoms with Crippen molar-refractivity contribution < 1.29 is 0 Å². The summed E-state index contributed by atoms with van der Waals surface area (Å²) < 4.78 is 0. The highest BCUT2D eigenvalue weighted by atomic mass is 35.5. The molecule has 3 nitrogen and oxygen atoms in total. The SMILES string of the molecule is S=C(Nc1ccc(Cl)cc1Cl)N1CCN(c2ccc(Cl)c(Cl)c2)CC1. The number of benzene rings is 2. The molecule has 2 aromatic carbocycles. The van der Waals surface area contributed by atoms with E-state index in [0.717, 1.165) is 37.6 Å². The van der Waals surface area contributed by atoms with Crippen molar-refractivity contribution in [2.75, 3.05) is 36.4 Å². The van der Waals surface area contributed by atoms with Gasteiger partial charge in [-0.05, 0) is 48.6 Å². The molecule has 0 bridgehead atoms. The Balaban J connectivity index is 1.59. The summed E-state index contributed by atoms with van der Waals surface area (Å²) in [5.74, 6) is 0. The van der Waals surface area contributed by atoms with Crippen molar-refractivity contribution in [2.45, 2.75) is 0 Å². The predicted molar refractivity (Wildman–Crippen MR) is 113 cm³/mol. The molecule has 132 valence electrons. The average molecular weight is 435 g/mol. The summed E-state index contributed by atoms with van der Waals surface area (Å²) in [5, 5.41) is 6.11. The molecule has 1 aliphatic rings. The van der Waals surface area contributed by atoms with Crippen molar-refractivity contribution in [2.24, 2.45) is 0 Å². The molecule has 1 N–H and O–H groups in total. The third-order valence-corrected chi connectivity index (χ3v) is 5.66. The lowest BCUT2D eigenvalue weighted by Crippen LogP contribution is -2.50. The molecule has 0 unspecified atom stereocenters. The van der Waals surface area contributed by atoms with Crippen LogP contribution < -0.4 is 10.2 Å². The molecule has 0 aromatic heterocycles. The summed E-state index contributed by atoms with van der Waals surface area (Å²) in [5.41, 5.74) is 1.82. The molecule has 1 heterocycles. The molecule has 0 amide bonds. The molecule has 8 heteroatoms. The number of thiocarbonyl (C=S) groups is 1. The van der Waals surface area contributed by atoms with Gasteiger partial charge in [0.2, 0.25) is 0 Å². The number of nitrogens with zero attached hydrogens (tertiary/aromatic N) is 2. The minimum Gasteiger partial charge on any atom is -0.368 e. The van der Waals surface area contributed by atoms with Gasteiger partial charge in [-0.15, -0.1) is 0 Å². The smallest absolute Gasteiger partial charge is 0.173 e. The van der Waals surface area contributed by atoms with Gasteiger partial charge in [-0.1, -0.05) is 46.4 Å². The van der Waals surface area contributed by atoms with E-state index in [2.05, 4.69) is 15.1 Å². The van der Waals surface area contributed by atoms with Crippen LogP contribution in [-0.2, 0) is 0 Å². The molecular weight excluding hydrogens is 420 g/mol. The second kappa shape index (κ2) is 8.19. The molecular formula is C17H15Cl4N3S. The Morgan fingerprint density at radius 3 is 2.20 bits per heavy atom. The maximum absolute atomic E-state index is 6.19. The van der Waals surface area contributed by atoms with Crippen molar-refractivity contribution in [1.29, 1.82) is 0 Å². The number of halogens is 4. The van der Waals surface area contributed by atoms with Gasteiger partial charge in [0.15, 0.2) is 5.11 Å². The van der Waals surface area contributed by atoms with Crippen molar-refractivity contribution in [3.63, 3.8) is 0 Å². The van der Waals surface area contributed by atoms with Crippen LogP contribution in [0.5, 0.6) is 0 Å². The molecule has 0 atom stereocenters. The molecule has 2 aromatic rings. The third kappa shape index (κ3) is 4.63. The predicted octanol–water partition coefficient (Wildman–Crippen LogP) is 5.82. The van der Waals surface area contributed by atoms with Gasteiger partial charge in [0.05, 0.1) is 20.8 Å². The van der Waals surface area contributed by atoms with Crippen LogP contribution in [0.3, 0.4) is 0 Å². The van der Waals surface area contributed by atoms with Crippen LogP contribution in [0, 0.1) is 0 Å². The Hall–Kier alpha value is -0.910.